The van der Waals surface area contributed by atoms with Crippen LogP contribution in [0.15, 0.2) is 34.5 Å². The van der Waals surface area contributed by atoms with Gasteiger partial charge in [0.05, 0.1) is 43.2 Å². The summed E-state index contributed by atoms with van der Waals surface area (Å²) in [6.45, 7) is 5.65. The monoisotopic (exact) mass is 497 g/mol. The van der Waals surface area contributed by atoms with E-state index < -0.39 is 17.7 Å². The van der Waals surface area contributed by atoms with Gasteiger partial charge in [-0.3, -0.25) is 9.59 Å². The molecule has 0 fully saturated rings. The average molecular weight is 498 g/mol. The van der Waals surface area contributed by atoms with Crippen LogP contribution in [0.2, 0.25) is 10.0 Å². The molecule has 2 aromatic rings. The van der Waals surface area contributed by atoms with Crippen LogP contribution in [-0.2, 0) is 9.59 Å². The maximum absolute atomic E-state index is 12.8. The van der Waals surface area contributed by atoms with Crippen LogP contribution >= 0.6 is 23.2 Å². The van der Waals surface area contributed by atoms with Crippen molar-refractivity contribution >= 4 is 46.3 Å². The van der Waals surface area contributed by atoms with E-state index in [0.29, 0.717) is 30.5 Å². The number of nitrogens with one attached hydrogen (secondary N) is 1. The van der Waals surface area contributed by atoms with Crippen LogP contribution < -0.4 is 24.3 Å². The number of ether oxygens (including phenoxy) is 4. The zero-order valence-electron chi connectivity index (χ0n) is 18.9. The first kappa shape index (κ1) is 26.2. The topological polar surface area (TPSA) is 108 Å². The zero-order valence-corrected chi connectivity index (χ0v) is 20.4. The second-order valence-electron chi connectivity index (χ2n) is 6.52. The molecule has 178 valence electrons. The number of rotatable bonds is 11. The summed E-state index contributed by atoms with van der Waals surface area (Å²) in [4.78, 5) is 25.0. The Morgan fingerprint density at radius 2 is 1.58 bits per heavy atom. The van der Waals surface area contributed by atoms with E-state index in [9.17, 15) is 9.59 Å². The minimum atomic E-state index is -1.45. The number of nitrogens with zero attached hydrogens (tertiary/aromatic N) is 2. The molecule has 2 aromatic carbocycles. The first-order valence-electron chi connectivity index (χ1n) is 9.98. The minimum absolute atomic E-state index is 0.150. The number of methoxy groups -OCH3 is 2. The van der Waals surface area contributed by atoms with Crippen molar-refractivity contribution in [3.63, 3.8) is 0 Å². The molecule has 1 N–H and O–H groups in total. The van der Waals surface area contributed by atoms with Crippen molar-refractivity contribution in [1.82, 2.24) is 0 Å². The van der Waals surface area contributed by atoms with E-state index >= 15 is 0 Å². The highest BCUT2D eigenvalue weighted by Gasteiger charge is 2.25. The van der Waals surface area contributed by atoms with Gasteiger partial charge < -0.3 is 24.3 Å². The van der Waals surface area contributed by atoms with E-state index in [0.717, 1.165) is 0 Å². The zero-order chi connectivity index (χ0) is 24.5. The Morgan fingerprint density at radius 1 is 0.939 bits per heavy atom. The van der Waals surface area contributed by atoms with Gasteiger partial charge in [0.15, 0.2) is 23.0 Å². The normalized spacial score (nSPS) is 11.7. The number of hydrogen-bond donors (Lipinski definition) is 1. The largest absolute Gasteiger partial charge is 0.497 e. The number of amides is 1. The lowest BCUT2D eigenvalue weighted by Crippen LogP contribution is -2.32. The second kappa shape index (κ2) is 12.3. The van der Waals surface area contributed by atoms with E-state index in [4.69, 9.17) is 42.1 Å². The third-order valence-corrected chi connectivity index (χ3v) is 4.86. The van der Waals surface area contributed by atoms with Gasteiger partial charge in [-0.1, -0.05) is 23.2 Å². The van der Waals surface area contributed by atoms with Crippen molar-refractivity contribution in [2.45, 2.75) is 26.8 Å². The Bertz CT molecular complexity index is 1050. The molecule has 0 aliphatic rings. The maximum atomic E-state index is 12.8. The van der Waals surface area contributed by atoms with Crippen LogP contribution in [0.4, 0.5) is 11.4 Å². The maximum Gasteiger partial charge on any atom is 0.258 e. The molecule has 0 radical (unpaired) electrons. The summed E-state index contributed by atoms with van der Waals surface area (Å²) in [5, 5.41) is 10.9. The molecule has 1 unspecified atom stereocenters. The summed E-state index contributed by atoms with van der Waals surface area (Å²) in [5.74, 6) is 0.283. The fourth-order valence-corrected chi connectivity index (χ4v) is 3.16. The smallest absolute Gasteiger partial charge is 0.258 e. The lowest BCUT2D eigenvalue weighted by atomic mass is 10.2. The van der Waals surface area contributed by atoms with Gasteiger partial charge in [0.25, 0.3) is 5.91 Å². The third kappa shape index (κ3) is 6.72. The van der Waals surface area contributed by atoms with E-state index in [2.05, 4.69) is 15.5 Å². The van der Waals surface area contributed by atoms with E-state index in [-0.39, 0.29) is 27.2 Å². The summed E-state index contributed by atoms with van der Waals surface area (Å²) in [6, 6.07) is 4.66. The quantitative estimate of drug-likeness (QED) is 0.324. The summed E-state index contributed by atoms with van der Waals surface area (Å²) >= 11 is 12.5. The fraction of sp³-hybridized carbons (Fsp3) is 0.364. The molecular formula is C22H25Cl2N3O6. The predicted molar refractivity (Wildman–Crippen MR) is 126 cm³/mol. The van der Waals surface area contributed by atoms with Crippen LogP contribution in [0.3, 0.4) is 0 Å². The first-order valence-corrected chi connectivity index (χ1v) is 10.7. The Balaban J connectivity index is 2.34. The van der Waals surface area contributed by atoms with Crippen molar-refractivity contribution in [2.24, 2.45) is 10.2 Å². The number of ketones is 1. The molecule has 0 aromatic heterocycles. The van der Waals surface area contributed by atoms with Gasteiger partial charge >= 0.3 is 0 Å². The van der Waals surface area contributed by atoms with Crippen LogP contribution in [0.1, 0.15) is 20.8 Å². The molecule has 2 rings (SSSR count). The summed E-state index contributed by atoms with van der Waals surface area (Å²) in [6.07, 6.45) is 0. The molecule has 0 saturated carbocycles. The molecule has 0 bridgehead atoms. The Hall–Kier alpha value is -3.04. The first-order chi connectivity index (χ1) is 15.7. The molecule has 0 aliphatic heterocycles. The molecule has 1 atom stereocenters. The van der Waals surface area contributed by atoms with Crippen molar-refractivity contribution < 1.29 is 28.5 Å². The lowest BCUT2D eigenvalue weighted by molar-refractivity contribution is -0.126. The Morgan fingerprint density at radius 3 is 2.12 bits per heavy atom. The molecule has 0 heterocycles. The molecule has 9 nitrogen and oxygen atoms in total. The number of hydrogen-bond acceptors (Lipinski definition) is 8. The van der Waals surface area contributed by atoms with Gasteiger partial charge in [-0.2, -0.15) is 5.11 Å². The number of Topliss-reactive ketones (excluding diaryl/α,β-unsaturated/α-hetero) is 1. The average Bonchev–Trinajstić information content (AvgIpc) is 2.77. The van der Waals surface area contributed by atoms with Gasteiger partial charge in [-0.05, 0) is 20.8 Å². The van der Waals surface area contributed by atoms with Crippen molar-refractivity contribution in [2.75, 3.05) is 32.8 Å². The van der Waals surface area contributed by atoms with Crippen molar-refractivity contribution in [3.8, 4) is 23.0 Å². The molecule has 0 spiro atoms. The van der Waals surface area contributed by atoms with Gasteiger partial charge in [-0.15, -0.1) is 5.11 Å². The van der Waals surface area contributed by atoms with Crippen LogP contribution in [-0.4, -0.2) is 45.2 Å². The molecular weight excluding hydrogens is 473 g/mol. The van der Waals surface area contributed by atoms with Gasteiger partial charge in [0, 0.05) is 24.3 Å². The molecule has 1 amide bonds. The molecule has 11 heteroatoms. The van der Waals surface area contributed by atoms with Crippen LogP contribution in [0.25, 0.3) is 0 Å². The molecule has 0 saturated heterocycles. The van der Waals surface area contributed by atoms with Crippen LogP contribution in [0.5, 0.6) is 23.0 Å². The predicted octanol–water partition coefficient (Wildman–Crippen LogP) is 5.49. The Labute approximate surface area is 202 Å². The summed E-state index contributed by atoms with van der Waals surface area (Å²) in [5.41, 5.74) is 0.381. The van der Waals surface area contributed by atoms with Gasteiger partial charge in [0.2, 0.25) is 6.04 Å². The number of anilines is 1. The fourth-order valence-electron chi connectivity index (χ4n) is 2.72. The van der Waals surface area contributed by atoms with Gasteiger partial charge in [-0.25, -0.2) is 0 Å². The van der Waals surface area contributed by atoms with Gasteiger partial charge in [0.1, 0.15) is 11.4 Å². The molecule has 0 aliphatic carbocycles. The van der Waals surface area contributed by atoms with Crippen LogP contribution in [0, 0.1) is 0 Å². The number of azo groups is 1. The van der Waals surface area contributed by atoms with E-state index in [1.165, 1.54) is 39.3 Å². The SMILES string of the molecule is CCOc1cc(Cl)c(NC(=O)C(N=Nc2c(Cl)cc(OC)cc2OC)C(C)=O)cc1OCC. The highest BCUT2D eigenvalue weighted by molar-refractivity contribution is 6.34. The highest BCUT2D eigenvalue weighted by atomic mass is 35.5. The van der Waals surface area contributed by atoms with E-state index in [1.807, 2.05) is 13.8 Å². The molecule has 33 heavy (non-hydrogen) atoms. The highest BCUT2D eigenvalue weighted by Crippen LogP contribution is 2.40. The van der Waals surface area contributed by atoms with E-state index in [1.54, 1.807) is 6.07 Å². The number of halogens is 2. The standard InChI is InChI=1S/C22H25Cl2N3O6/c1-6-32-17-10-14(23)16(11-18(17)33-7-2)25-22(29)20(12(3)28)26-27-21-15(24)8-13(30-4)9-19(21)31-5/h8-11,20H,6-7H2,1-5H3,(H,25,29). The number of carbonyl (C=O) groups excluding carboxylic acids is 2. The Kier molecular flexibility index (Phi) is 9.74. The summed E-state index contributed by atoms with van der Waals surface area (Å²) < 4.78 is 21.5. The third-order valence-electron chi connectivity index (χ3n) is 4.26. The lowest BCUT2D eigenvalue weighted by Gasteiger charge is -2.16. The number of benzene rings is 2. The number of carbonyl (C=O) groups is 2. The minimum Gasteiger partial charge on any atom is -0.497 e. The van der Waals surface area contributed by atoms with Crippen molar-refractivity contribution in [3.05, 3.63) is 34.3 Å². The second-order valence-corrected chi connectivity index (χ2v) is 7.34. The summed E-state index contributed by atoms with van der Waals surface area (Å²) in [7, 11) is 2.90. The van der Waals surface area contributed by atoms with Crippen molar-refractivity contribution in [1.29, 1.82) is 0 Å².